The van der Waals surface area contributed by atoms with E-state index >= 15 is 0 Å². The van der Waals surface area contributed by atoms with E-state index in [1.807, 2.05) is 26.8 Å². The summed E-state index contributed by atoms with van der Waals surface area (Å²) in [6, 6.07) is 14.1. The highest BCUT2D eigenvalue weighted by Crippen LogP contribution is 2.29. The molecule has 1 amide bonds. The monoisotopic (exact) mass is 456 g/mol. The SMILES string of the molecule is CC(C)(C)n1nc(-c2cccc(NC(=O)/C(C#N)=C/c3ccc(F)cc3)c2)c2c(=O)[nH]cnc21. The van der Waals surface area contributed by atoms with Crippen LogP contribution < -0.4 is 10.9 Å². The van der Waals surface area contributed by atoms with E-state index in [1.165, 1.54) is 36.7 Å². The summed E-state index contributed by atoms with van der Waals surface area (Å²) in [5.74, 6) is -1.03. The van der Waals surface area contributed by atoms with E-state index in [4.69, 9.17) is 0 Å². The van der Waals surface area contributed by atoms with E-state index in [0.29, 0.717) is 33.5 Å². The van der Waals surface area contributed by atoms with E-state index in [9.17, 15) is 19.2 Å². The zero-order valence-electron chi connectivity index (χ0n) is 18.8. The summed E-state index contributed by atoms with van der Waals surface area (Å²) in [4.78, 5) is 32.2. The van der Waals surface area contributed by atoms with E-state index in [2.05, 4.69) is 20.4 Å². The fourth-order valence-corrected chi connectivity index (χ4v) is 3.45. The number of carbonyl (C=O) groups is 1. The second-order valence-electron chi connectivity index (χ2n) is 8.62. The highest BCUT2D eigenvalue weighted by atomic mass is 19.1. The molecule has 9 heteroatoms. The van der Waals surface area contributed by atoms with Gasteiger partial charge in [-0.1, -0.05) is 24.3 Å². The number of amides is 1. The molecule has 0 radical (unpaired) electrons. The third-order valence-electron chi connectivity index (χ3n) is 5.05. The Hall–Kier alpha value is -4.58. The normalized spacial score (nSPS) is 11.9. The Balaban J connectivity index is 1.70. The van der Waals surface area contributed by atoms with Crippen molar-refractivity contribution in [3.8, 4) is 17.3 Å². The summed E-state index contributed by atoms with van der Waals surface area (Å²) in [7, 11) is 0. The summed E-state index contributed by atoms with van der Waals surface area (Å²) in [6.45, 7) is 5.87. The van der Waals surface area contributed by atoms with Crippen molar-refractivity contribution in [2.75, 3.05) is 5.32 Å². The quantitative estimate of drug-likeness (QED) is 0.352. The Bertz CT molecular complexity index is 1520. The van der Waals surface area contributed by atoms with Gasteiger partial charge in [0, 0.05) is 11.3 Å². The van der Waals surface area contributed by atoms with E-state index in [1.54, 1.807) is 28.9 Å². The number of rotatable bonds is 4. The Kier molecular flexibility index (Phi) is 5.82. The molecule has 0 saturated carbocycles. The van der Waals surface area contributed by atoms with Crippen molar-refractivity contribution in [3.05, 3.63) is 82.2 Å². The van der Waals surface area contributed by atoms with Crippen molar-refractivity contribution >= 4 is 28.7 Å². The average Bonchev–Trinajstić information content (AvgIpc) is 3.20. The van der Waals surface area contributed by atoms with Gasteiger partial charge in [0.15, 0.2) is 5.65 Å². The lowest BCUT2D eigenvalue weighted by atomic mass is 10.1. The maximum Gasteiger partial charge on any atom is 0.266 e. The van der Waals surface area contributed by atoms with Crippen molar-refractivity contribution in [2.45, 2.75) is 26.3 Å². The molecule has 8 nitrogen and oxygen atoms in total. The maximum atomic E-state index is 13.1. The zero-order valence-corrected chi connectivity index (χ0v) is 18.8. The van der Waals surface area contributed by atoms with Gasteiger partial charge in [-0.25, -0.2) is 14.1 Å². The number of fused-ring (bicyclic) bond motifs is 1. The van der Waals surface area contributed by atoms with E-state index < -0.39 is 17.3 Å². The highest BCUT2D eigenvalue weighted by Gasteiger charge is 2.24. The molecule has 0 aliphatic heterocycles. The summed E-state index contributed by atoms with van der Waals surface area (Å²) in [6.07, 6.45) is 2.72. The minimum Gasteiger partial charge on any atom is -0.321 e. The predicted octanol–water partition coefficient (Wildman–Crippen LogP) is 4.23. The minimum absolute atomic E-state index is 0.139. The Morgan fingerprint density at radius 3 is 2.62 bits per heavy atom. The molecular formula is C25H21FN6O2. The largest absolute Gasteiger partial charge is 0.321 e. The van der Waals surface area contributed by atoms with Gasteiger partial charge < -0.3 is 10.3 Å². The van der Waals surface area contributed by atoms with Crippen LogP contribution >= 0.6 is 0 Å². The van der Waals surface area contributed by atoms with Crippen molar-refractivity contribution in [2.24, 2.45) is 0 Å². The lowest BCUT2D eigenvalue weighted by Crippen LogP contribution is -2.23. The van der Waals surface area contributed by atoms with Crippen molar-refractivity contribution < 1.29 is 9.18 Å². The van der Waals surface area contributed by atoms with Crippen LogP contribution in [0.5, 0.6) is 0 Å². The smallest absolute Gasteiger partial charge is 0.266 e. The fraction of sp³-hybridized carbons (Fsp3) is 0.160. The van der Waals surface area contributed by atoms with Gasteiger partial charge in [-0.05, 0) is 56.7 Å². The first-order valence-corrected chi connectivity index (χ1v) is 10.4. The zero-order chi connectivity index (χ0) is 24.5. The number of halogens is 1. The van der Waals surface area contributed by atoms with Gasteiger partial charge >= 0.3 is 0 Å². The molecule has 0 fully saturated rings. The van der Waals surface area contributed by atoms with Crippen LogP contribution in [0.2, 0.25) is 0 Å². The van der Waals surface area contributed by atoms with Crippen LogP contribution in [0.15, 0.2) is 65.2 Å². The number of H-pyrrole nitrogens is 1. The molecule has 2 aromatic heterocycles. The molecule has 0 saturated heterocycles. The van der Waals surface area contributed by atoms with E-state index in [0.717, 1.165) is 0 Å². The van der Waals surface area contributed by atoms with Crippen molar-refractivity contribution in [1.82, 2.24) is 19.7 Å². The third-order valence-corrected chi connectivity index (χ3v) is 5.05. The topological polar surface area (TPSA) is 116 Å². The minimum atomic E-state index is -0.617. The van der Waals surface area contributed by atoms with Crippen molar-refractivity contribution in [1.29, 1.82) is 5.26 Å². The number of nitriles is 1. The summed E-state index contributed by atoms with van der Waals surface area (Å²) in [5.41, 5.74) is 1.54. The summed E-state index contributed by atoms with van der Waals surface area (Å²) >= 11 is 0. The van der Waals surface area contributed by atoms with Gasteiger partial charge in [0.1, 0.15) is 28.5 Å². The number of nitrogens with zero attached hydrogens (tertiary/aromatic N) is 4. The average molecular weight is 456 g/mol. The van der Waals surface area contributed by atoms with Crippen molar-refractivity contribution in [3.63, 3.8) is 0 Å². The molecule has 0 atom stereocenters. The number of anilines is 1. The number of nitrogens with one attached hydrogen (secondary N) is 2. The molecule has 0 bridgehead atoms. The molecule has 2 aromatic carbocycles. The fourth-order valence-electron chi connectivity index (χ4n) is 3.45. The van der Waals surface area contributed by atoms with Crippen LogP contribution in [0.4, 0.5) is 10.1 Å². The number of aromatic nitrogens is 4. The van der Waals surface area contributed by atoms with E-state index in [-0.39, 0.29) is 11.1 Å². The lowest BCUT2D eigenvalue weighted by Gasteiger charge is -2.19. The first kappa shape index (κ1) is 22.6. The second kappa shape index (κ2) is 8.75. The van der Waals surface area contributed by atoms with Crippen LogP contribution in [-0.4, -0.2) is 25.7 Å². The van der Waals surface area contributed by atoms with Crippen LogP contribution in [0.25, 0.3) is 28.4 Å². The number of hydrogen-bond donors (Lipinski definition) is 2. The van der Waals surface area contributed by atoms with Gasteiger partial charge in [0.2, 0.25) is 0 Å². The van der Waals surface area contributed by atoms with Crippen LogP contribution in [0, 0.1) is 17.1 Å². The number of benzene rings is 2. The molecule has 4 aromatic rings. The van der Waals surface area contributed by atoms with Crippen LogP contribution in [0.1, 0.15) is 26.3 Å². The van der Waals surface area contributed by atoms with Crippen LogP contribution in [-0.2, 0) is 10.3 Å². The third kappa shape index (κ3) is 4.47. The van der Waals surface area contributed by atoms with Gasteiger partial charge in [-0.15, -0.1) is 0 Å². The van der Waals surface area contributed by atoms with Crippen LogP contribution in [0.3, 0.4) is 0 Å². The molecule has 0 spiro atoms. The van der Waals surface area contributed by atoms with Gasteiger partial charge in [0.25, 0.3) is 11.5 Å². The Morgan fingerprint density at radius 2 is 1.94 bits per heavy atom. The lowest BCUT2D eigenvalue weighted by molar-refractivity contribution is -0.112. The first-order chi connectivity index (χ1) is 16.2. The first-order valence-electron chi connectivity index (χ1n) is 10.4. The molecule has 170 valence electrons. The summed E-state index contributed by atoms with van der Waals surface area (Å²) < 4.78 is 14.8. The standard InChI is InChI=1S/C25H21FN6O2/c1-25(2,3)32-22-20(24(34)29-14-28-22)21(31-32)16-5-4-6-19(12-16)30-23(33)17(13-27)11-15-7-9-18(26)10-8-15/h4-12,14H,1-3H3,(H,30,33)(H,28,29,34)/b17-11+. The number of aromatic amines is 1. The van der Waals surface area contributed by atoms with Gasteiger partial charge in [0.05, 0.1) is 11.9 Å². The van der Waals surface area contributed by atoms with Gasteiger partial charge in [-0.2, -0.15) is 10.4 Å². The number of hydrogen-bond acceptors (Lipinski definition) is 5. The Labute approximate surface area is 194 Å². The predicted molar refractivity (Wildman–Crippen MR) is 127 cm³/mol. The Morgan fingerprint density at radius 1 is 1.21 bits per heavy atom. The highest BCUT2D eigenvalue weighted by molar-refractivity contribution is 6.10. The number of carbonyl (C=O) groups excluding carboxylic acids is 1. The second-order valence-corrected chi connectivity index (χ2v) is 8.62. The summed E-state index contributed by atoms with van der Waals surface area (Å²) in [5, 5.41) is 17.1. The molecule has 2 N–H and O–H groups in total. The molecule has 4 rings (SSSR count). The molecule has 0 aliphatic rings. The molecular weight excluding hydrogens is 435 g/mol. The van der Waals surface area contributed by atoms with Gasteiger partial charge in [-0.3, -0.25) is 9.59 Å². The molecule has 0 unspecified atom stereocenters. The molecule has 34 heavy (non-hydrogen) atoms. The maximum absolute atomic E-state index is 13.1. The molecule has 0 aliphatic carbocycles. The molecule has 2 heterocycles.